The molecule has 3 rings (SSSR count). The molecule has 1 aliphatic carbocycles. The van der Waals surface area contributed by atoms with Gasteiger partial charge < -0.3 is 15.0 Å². The van der Waals surface area contributed by atoms with Crippen molar-refractivity contribution in [1.82, 2.24) is 10.0 Å². The monoisotopic (exact) mass is 455 g/mol. The van der Waals surface area contributed by atoms with Crippen LogP contribution in [-0.2, 0) is 22.3 Å². The van der Waals surface area contributed by atoms with Crippen molar-refractivity contribution >= 4 is 28.6 Å². The number of hydrazone groups is 1. The molecule has 0 radical (unpaired) electrons. The zero-order chi connectivity index (χ0) is 21.7. The van der Waals surface area contributed by atoms with Gasteiger partial charge in [-0.15, -0.1) is 5.10 Å². The molecule has 0 amide bonds. The van der Waals surface area contributed by atoms with E-state index in [1.165, 1.54) is 10.7 Å². The van der Waals surface area contributed by atoms with E-state index < -0.39 is 11.2 Å². The van der Waals surface area contributed by atoms with E-state index in [0.717, 1.165) is 43.7 Å². The first-order valence-corrected chi connectivity index (χ1v) is 12.7. The van der Waals surface area contributed by atoms with Crippen molar-refractivity contribution < 1.29 is 9.29 Å². The average molecular weight is 456 g/mol. The van der Waals surface area contributed by atoms with Crippen molar-refractivity contribution in [3.63, 3.8) is 0 Å². The van der Waals surface area contributed by atoms with E-state index in [4.69, 9.17) is 27.9 Å². The highest BCUT2D eigenvalue weighted by Crippen LogP contribution is 2.31. The largest absolute Gasteiger partial charge is 0.616 e. The fourth-order valence-corrected chi connectivity index (χ4v) is 5.48. The van der Waals surface area contributed by atoms with Gasteiger partial charge in [-0.05, 0) is 49.8 Å². The van der Waals surface area contributed by atoms with Crippen LogP contribution >= 0.6 is 11.6 Å². The zero-order valence-corrected chi connectivity index (χ0v) is 19.4. The van der Waals surface area contributed by atoms with Gasteiger partial charge in [0.25, 0.3) is 0 Å². The highest BCUT2D eigenvalue weighted by atomic mass is 35.5. The molecule has 1 saturated carbocycles. The predicted octanol–water partition coefficient (Wildman–Crippen LogP) is 1.97. The number of amidine groups is 1. The maximum atomic E-state index is 11.8. The lowest BCUT2D eigenvalue weighted by Crippen LogP contribution is -2.57. The van der Waals surface area contributed by atoms with Gasteiger partial charge in [-0.3, -0.25) is 4.90 Å². The van der Waals surface area contributed by atoms with Crippen molar-refractivity contribution in [2.45, 2.75) is 50.3 Å². The van der Waals surface area contributed by atoms with Crippen LogP contribution in [0.5, 0.6) is 0 Å². The van der Waals surface area contributed by atoms with Crippen LogP contribution < -0.4 is 11.6 Å². The first kappa shape index (κ1) is 23.6. The molecule has 3 unspecified atom stereocenters. The van der Waals surface area contributed by atoms with E-state index in [2.05, 4.69) is 22.1 Å². The number of nitrogens with two attached hydrogens (primary N) is 2. The van der Waals surface area contributed by atoms with E-state index in [0.29, 0.717) is 30.3 Å². The Kier molecular flexibility index (Phi) is 8.68. The molecule has 2 aliphatic rings. The van der Waals surface area contributed by atoms with Gasteiger partial charge >= 0.3 is 0 Å². The van der Waals surface area contributed by atoms with Gasteiger partial charge in [0.15, 0.2) is 0 Å². The second-order valence-electron chi connectivity index (χ2n) is 8.48. The average Bonchev–Trinajstić information content (AvgIpc) is 2.70. The van der Waals surface area contributed by atoms with Crippen LogP contribution in [0.2, 0.25) is 5.02 Å². The Balaban J connectivity index is 1.67. The highest BCUT2D eigenvalue weighted by molar-refractivity contribution is 7.90. The van der Waals surface area contributed by atoms with E-state index in [1.54, 1.807) is 13.3 Å². The fraction of sp³-hybridized carbons (Fsp3) is 0.667. The lowest BCUT2D eigenvalue weighted by Gasteiger charge is -2.46. The number of hydrazine groups is 1. The number of hydrogen-bond donors (Lipinski definition) is 2. The highest BCUT2D eigenvalue weighted by Gasteiger charge is 2.37. The normalized spacial score (nSPS) is 29.6. The van der Waals surface area contributed by atoms with Gasteiger partial charge in [-0.1, -0.05) is 34.9 Å². The lowest BCUT2D eigenvalue weighted by atomic mass is 9.83. The molecule has 4 N–H and O–H groups in total. The predicted molar refractivity (Wildman–Crippen MR) is 124 cm³/mol. The third-order valence-electron chi connectivity index (χ3n) is 6.07. The van der Waals surface area contributed by atoms with Gasteiger partial charge in [0, 0.05) is 36.6 Å². The molecule has 1 aromatic rings. The van der Waals surface area contributed by atoms with Crippen LogP contribution in [0.3, 0.4) is 0 Å². The quantitative estimate of drug-likeness (QED) is 0.214. The fourth-order valence-electron chi connectivity index (χ4n) is 4.63. The van der Waals surface area contributed by atoms with Crippen molar-refractivity contribution in [2.75, 3.05) is 32.2 Å². The molecule has 1 saturated heterocycles. The summed E-state index contributed by atoms with van der Waals surface area (Å²) in [5.74, 6) is 7.10. The first-order valence-electron chi connectivity index (χ1n) is 10.6. The number of morpholine rings is 1. The third-order valence-corrected chi connectivity index (χ3v) is 7.16. The molecule has 0 bridgehead atoms. The van der Waals surface area contributed by atoms with Gasteiger partial charge in [-0.25, -0.2) is 11.0 Å². The molecule has 0 spiro atoms. The minimum absolute atomic E-state index is 0.0209. The van der Waals surface area contributed by atoms with Crippen molar-refractivity contribution in [3.8, 4) is 0 Å². The minimum Gasteiger partial charge on any atom is -0.616 e. The number of benzene rings is 1. The molecular formula is C21H34ClN5O2S. The second kappa shape index (κ2) is 11.0. The Morgan fingerprint density at radius 1 is 1.30 bits per heavy atom. The van der Waals surface area contributed by atoms with Crippen LogP contribution in [0.4, 0.5) is 0 Å². The van der Waals surface area contributed by atoms with Crippen LogP contribution in [0.1, 0.15) is 31.2 Å². The summed E-state index contributed by atoms with van der Waals surface area (Å²) in [6.07, 6.45) is 6.82. The standard InChI is InChI=1S/C21H34ClN5O2S/c1-26(24)25-21(23)16-5-9-18(10-6-16)27-12-20(14-30(2)28)29-13-19(27)11-15-3-7-17(22)8-4-15/h3-4,7-8,16,18-20H,5-6,9-14,24H2,1-2H3,(H2,23,25). The molecule has 3 atom stereocenters. The maximum Gasteiger partial charge on any atom is 0.132 e. The molecule has 1 aliphatic heterocycles. The summed E-state index contributed by atoms with van der Waals surface area (Å²) >= 11 is 5.18. The number of nitrogens with zero attached hydrogens (tertiary/aromatic N) is 3. The molecule has 1 heterocycles. The van der Waals surface area contributed by atoms with Gasteiger partial charge in [-0.2, -0.15) is 0 Å². The number of ether oxygens (including phenoxy) is 1. The topological polar surface area (TPSA) is 103 Å². The van der Waals surface area contributed by atoms with E-state index in [9.17, 15) is 4.55 Å². The molecule has 1 aromatic carbocycles. The summed E-state index contributed by atoms with van der Waals surface area (Å²) in [4.78, 5) is 2.59. The number of rotatable bonds is 7. The van der Waals surface area contributed by atoms with Crippen LogP contribution in [-0.4, -0.2) is 70.8 Å². The van der Waals surface area contributed by atoms with E-state index >= 15 is 0 Å². The first-order chi connectivity index (χ1) is 14.3. The maximum absolute atomic E-state index is 11.8. The molecule has 9 heteroatoms. The zero-order valence-electron chi connectivity index (χ0n) is 17.9. The molecule has 2 fully saturated rings. The molecule has 30 heavy (non-hydrogen) atoms. The molecule has 0 aromatic heterocycles. The Bertz CT molecular complexity index is 695. The summed E-state index contributed by atoms with van der Waals surface area (Å²) < 4.78 is 17.9. The van der Waals surface area contributed by atoms with Gasteiger partial charge in [0.2, 0.25) is 0 Å². The van der Waals surface area contributed by atoms with Gasteiger partial charge in [0.1, 0.15) is 17.7 Å². The molecule has 168 valence electrons. The summed E-state index contributed by atoms with van der Waals surface area (Å²) in [5.41, 5.74) is 7.40. The minimum atomic E-state index is -0.868. The van der Waals surface area contributed by atoms with Crippen LogP contribution in [0.15, 0.2) is 29.4 Å². The Hall–Kier alpha value is -1.03. The van der Waals surface area contributed by atoms with Crippen molar-refractivity contribution in [2.24, 2.45) is 22.6 Å². The van der Waals surface area contributed by atoms with Crippen molar-refractivity contribution in [3.05, 3.63) is 34.9 Å². The number of halogens is 1. The Morgan fingerprint density at radius 2 is 1.97 bits per heavy atom. The smallest absolute Gasteiger partial charge is 0.132 e. The van der Waals surface area contributed by atoms with Crippen LogP contribution in [0, 0.1) is 5.92 Å². The van der Waals surface area contributed by atoms with Crippen molar-refractivity contribution in [1.29, 1.82) is 0 Å². The molecular weight excluding hydrogens is 422 g/mol. The summed E-state index contributed by atoms with van der Waals surface area (Å²) in [6.45, 7) is 1.48. The Morgan fingerprint density at radius 3 is 2.57 bits per heavy atom. The van der Waals surface area contributed by atoms with Crippen LogP contribution in [0.25, 0.3) is 0 Å². The summed E-state index contributed by atoms with van der Waals surface area (Å²) in [5, 5.41) is 6.22. The lowest BCUT2D eigenvalue weighted by molar-refractivity contribution is -0.0757. The third kappa shape index (κ3) is 6.73. The van der Waals surface area contributed by atoms with Gasteiger partial charge in [0.05, 0.1) is 12.9 Å². The SMILES string of the molecule is CN(N)/N=C(\N)C1CCC(N2CC(C[S+](C)[O-])OCC2Cc2ccc(Cl)cc2)CC1. The van der Waals surface area contributed by atoms with E-state index in [1.807, 2.05) is 12.1 Å². The number of hydrogen-bond acceptors (Lipinski definition) is 6. The second-order valence-corrected chi connectivity index (χ2v) is 10.4. The molecule has 7 nitrogen and oxygen atoms in total. The summed E-state index contributed by atoms with van der Waals surface area (Å²) in [7, 11) is 1.69. The van der Waals surface area contributed by atoms with E-state index in [-0.39, 0.29) is 12.0 Å². The summed E-state index contributed by atoms with van der Waals surface area (Å²) in [6, 6.07) is 8.83. The Labute approximate surface area is 187 Å².